The maximum Gasteiger partial charge on any atom is 0.193 e. The molecule has 1 aliphatic heterocycles. The van der Waals surface area contributed by atoms with E-state index in [9.17, 15) is 0 Å². The van der Waals surface area contributed by atoms with E-state index >= 15 is 0 Å². The van der Waals surface area contributed by atoms with E-state index < -0.39 is 0 Å². The van der Waals surface area contributed by atoms with Gasteiger partial charge in [0.05, 0.1) is 5.00 Å². The fourth-order valence-electron chi connectivity index (χ4n) is 2.99. The number of thiophene rings is 1. The largest absolute Gasteiger partial charge is 0.360 e. The molecule has 2 aromatic rings. The standard InChI is InChI=1S/C19H26N4S/c1-16-5-7-17(8-6-16)9-10-21-19(20-2)23-13-11-22(12-14-23)18-4-3-15-24-18/h3-8,15H,9-14H2,1-2H3,(H,20,21). The van der Waals surface area contributed by atoms with Crippen molar-refractivity contribution in [2.24, 2.45) is 4.99 Å². The molecule has 0 spiro atoms. The molecule has 1 aliphatic rings. The zero-order chi connectivity index (χ0) is 16.8. The lowest BCUT2D eigenvalue weighted by molar-refractivity contribution is 0.374. The van der Waals surface area contributed by atoms with Gasteiger partial charge in [0, 0.05) is 39.8 Å². The molecule has 0 bridgehead atoms. The van der Waals surface area contributed by atoms with E-state index in [1.807, 2.05) is 18.4 Å². The van der Waals surface area contributed by atoms with Crippen molar-refractivity contribution in [3.8, 4) is 0 Å². The van der Waals surface area contributed by atoms with Gasteiger partial charge in [-0.2, -0.15) is 0 Å². The fourth-order valence-corrected chi connectivity index (χ4v) is 3.78. The van der Waals surface area contributed by atoms with Gasteiger partial charge in [-0.15, -0.1) is 11.3 Å². The average Bonchev–Trinajstić information content (AvgIpc) is 3.15. The molecule has 0 saturated carbocycles. The minimum Gasteiger partial charge on any atom is -0.360 e. The Morgan fingerprint density at radius 2 is 1.88 bits per heavy atom. The van der Waals surface area contributed by atoms with Crippen LogP contribution in [-0.4, -0.2) is 50.6 Å². The Kier molecular flexibility index (Phi) is 5.75. The number of piperazine rings is 1. The predicted octanol–water partition coefficient (Wildman–Crippen LogP) is 3.00. The lowest BCUT2D eigenvalue weighted by Gasteiger charge is -2.37. The van der Waals surface area contributed by atoms with E-state index in [-0.39, 0.29) is 0 Å². The number of hydrogen-bond acceptors (Lipinski definition) is 3. The van der Waals surface area contributed by atoms with Crippen LogP contribution in [-0.2, 0) is 6.42 Å². The highest BCUT2D eigenvalue weighted by Gasteiger charge is 2.19. The number of aliphatic imine (C=N–C) groups is 1. The molecule has 1 aromatic heterocycles. The molecule has 24 heavy (non-hydrogen) atoms. The zero-order valence-corrected chi connectivity index (χ0v) is 15.4. The third kappa shape index (κ3) is 4.29. The summed E-state index contributed by atoms with van der Waals surface area (Å²) in [6.45, 7) is 7.18. The average molecular weight is 343 g/mol. The van der Waals surface area contributed by atoms with Crippen molar-refractivity contribution in [1.29, 1.82) is 0 Å². The molecule has 4 nitrogen and oxygen atoms in total. The molecular weight excluding hydrogens is 316 g/mol. The van der Waals surface area contributed by atoms with Crippen LogP contribution in [0.15, 0.2) is 46.8 Å². The van der Waals surface area contributed by atoms with Crippen molar-refractivity contribution in [3.63, 3.8) is 0 Å². The first-order chi connectivity index (χ1) is 11.8. The number of nitrogens with zero attached hydrogens (tertiary/aromatic N) is 3. The van der Waals surface area contributed by atoms with E-state index in [0.29, 0.717) is 0 Å². The third-order valence-electron chi connectivity index (χ3n) is 4.43. The molecule has 1 aromatic carbocycles. The number of anilines is 1. The Morgan fingerprint density at radius 3 is 2.50 bits per heavy atom. The summed E-state index contributed by atoms with van der Waals surface area (Å²) in [4.78, 5) is 9.28. The number of hydrogen-bond donors (Lipinski definition) is 1. The van der Waals surface area contributed by atoms with Gasteiger partial charge in [-0.1, -0.05) is 29.8 Å². The number of rotatable bonds is 4. The predicted molar refractivity (Wildman–Crippen MR) is 104 cm³/mol. The zero-order valence-electron chi connectivity index (χ0n) is 14.5. The molecule has 1 saturated heterocycles. The number of guanidine groups is 1. The molecule has 0 aliphatic carbocycles. The highest BCUT2D eigenvalue weighted by molar-refractivity contribution is 7.14. The summed E-state index contributed by atoms with van der Waals surface area (Å²) in [6, 6.07) is 13.1. The van der Waals surface area contributed by atoms with Crippen LogP contribution in [0.2, 0.25) is 0 Å². The van der Waals surface area contributed by atoms with Gasteiger partial charge in [0.2, 0.25) is 0 Å². The first kappa shape index (κ1) is 16.8. The van der Waals surface area contributed by atoms with E-state index in [1.165, 1.54) is 16.1 Å². The van der Waals surface area contributed by atoms with Gasteiger partial charge in [0.25, 0.3) is 0 Å². The van der Waals surface area contributed by atoms with Crippen LogP contribution in [0, 0.1) is 6.92 Å². The second kappa shape index (κ2) is 8.20. The summed E-state index contributed by atoms with van der Waals surface area (Å²) >= 11 is 1.82. The van der Waals surface area contributed by atoms with Crippen LogP contribution in [0.1, 0.15) is 11.1 Å². The SMILES string of the molecule is CN=C(NCCc1ccc(C)cc1)N1CCN(c2cccs2)CC1. The van der Waals surface area contributed by atoms with Gasteiger partial charge < -0.3 is 15.1 Å². The second-order valence-corrected chi connectivity index (χ2v) is 7.06. The van der Waals surface area contributed by atoms with Crippen molar-refractivity contribution < 1.29 is 0 Å². The molecule has 0 unspecified atom stereocenters. The van der Waals surface area contributed by atoms with Crippen LogP contribution in [0.5, 0.6) is 0 Å². The van der Waals surface area contributed by atoms with Crippen molar-refractivity contribution in [1.82, 2.24) is 10.2 Å². The van der Waals surface area contributed by atoms with Gasteiger partial charge in [0.15, 0.2) is 5.96 Å². The van der Waals surface area contributed by atoms with Gasteiger partial charge in [-0.3, -0.25) is 4.99 Å². The second-order valence-electron chi connectivity index (χ2n) is 6.13. The molecular formula is C19H26N4S. The lowest BCUT2D eigenvalue weighted by Crippen LogP contribution is -2.52. The monoisotopic (exact) mass is 342 g/mol. The van der Waals surface area contributed by atoms with Gasteiger partial charge in [-0.25, -0.2) is 0 Å². The smallest absolute Gasteiger partial charge is 0.193 e. The molecule has 0 atom stereocenters. The van der Waals surface area contributed by atoms with E-state index in [1.54, 1.807) is 0 Å². The van der Waals surface area contributed by atoms with Crippen LogP contribution in [0.4, 0.5) is 5.00 Å². The fraction of sp³-hybridized carbons (Fsp3) is 0.421. The van der Waals surface area contributed by atoms with Crippen molar-refractivity contribution in [2.75, 3.05) is 44.7 Å². The Morgan fingerprint density at radius 1 is 1.12 bits per heavy atom. The summed E-state index contributed by atoms with van der Waals surface area (Å²) in [5.74, 6) is 1.02. The maximum absolute atomic E-state index is 4.46. The van der Waals surface area contributed by atoms with Gasteiger partial charge in [0.1, 0.15) is 0 Å². The maximum atomic E-state index is 4.46. The minimum absolute atomic E-state index is 0.918. The first-order valence-corrected chi connectivity index (χ1v) is 9.44. The van der Waals surface area contributed by atoms with E-state index in [2.05, 4.69) is 68.8 Å². The summed E-state index contributed by atoms with van der Waals surface area (Å²) < 4.78 is 0. The summed E-state index contributed by atoms with van der Waals surface area (Å²) in [5.41, 5.74) is 2.68. The topological polar surface area (TPSA) is 30.9 Å². The molecule has 1 N–H and O–H groups in total. The molecule has 3 rings (SSSR count). The lowest BCUT2D eigenvalue weighted by atomic mass is 10.1. The molecule has 128 valence electrons. The van der Waals surface area contributed by atoms with Crippen LogP contribution in [0.25, 0.3) is 0 Å². The van der Waals surface area contributed by atoms with Crippen molar-refractivity contribution in [2.45, 2.75) is 13.3 Å². The van der Waals surface area contributed by atoms with E-state index in [4.69, 9.17) is 0 Å². The Labute approximate surface area is 148 Å². The third-order valence-corrected chi connectivity index (χ3v) is 5.36. The van der Waals surface area contributed by atoms with Crippen molar-refractivity contribution >= 4 is 22.3 Å². The number of aryl methyl sites for hydroxylation is 1. The van der Waals surface area contributed by atoms with Gasteiger partial charge in [-0.05, 0) is 36.4 Å². The minimum atomic E-state index is 0.918. The van der Waals surface area contributed by atoms with Gasteiger partial charge >= 0.3 is 0 Å². The van der Waals surface area contributed by atoms with Crippen LogP contribution < -0.4 is 10.2 Å². The Bertz CT molecular complexity index is 641. The molecule has 5 heteroatoms. The molecule has 0 radical (unpaired) electrons. The highest BCUT2D eigenvalue weighted by Crippen LogP contribution is 2.22. The Hall–Kier alpha value is -2.01. The summed E-state index contributed by atoms with van der Waals surface area (Å²) in [5, 5.41) is 7.03. The quantitative estimate of drug-likeness (QED) is 0.684. The highest BCUT2D eigenvalue weighted by atomic mass is 32.1. The molecule has 0 amide bonds. The van der Waals surface area contributed by atoms with E-state index in [0.717, 1.165) is 45.1 Å². The van der Waals surface area contributed by atoms with Crippen molar-refractivity contribution in [3.05, 3.63) is 52.9 Å². The first-order valence-electron chi connectivity index (χ1n) is 8.56. The Balaban J connectivity index is 1.46. The normalized spacial score (nSPS) is 15.7. The molecule has 2 heterocycles. The summed E-state index contributed by atoms with van der Waals surface area (Å²) in [6.07, 6.45) is 1.02. The van der Waals surface area contributed by atoms with Crippen LogP contribution in [0.3, 0.4) is 0 Å². The number of nitrogens with one attached hydrogen (secondary N) is 1. The summed E-state index contributed by atoms with van der Waals surface area (Å²) in [7, 11) is 1.87. The molecule has 1 fully saturated rings. The number of benzene rings is 1. The van der Waals surface area contributed by atoms with Crippen LogP contribution >= 0.6 is 11.3 Å².